The second kappa shape index (κ2) is 4.35. The number of hydrogen-bond donors (Lipinski definition) is 0. The minimum atomic E-state index is -0.414. The van der Waals surface area contributed by atoms with E-state index in [0.29, 0.717) is 11.3 Å². The van der Waals surface area contributed by atoms with Gasteiger partial charge in [-0.1, -0.05) is 0 Å². The van der Waals surface area contributed by atoms with Crippen LogP contribution in [0.5, 0.6) is 5.75 Å². The predicted molar refractivity (Wildman–Crippen MR) is 63.3 cm³/mol. The van der Waals surface area contributed by atoms with E-state index < -0.39 is 5.82 Å². The van der Waals surface area contributed by atoms with Crippen LogP contribution in [0.25, 0.3) is 0 Å². The van der Waals surface area contributed by atoms with Crippen LogP contribution in [0.4, 0.5) is 4.39 Å². The van der Waals surface area contributed by atoms with Gasteiger partial charge in [0.15, 0.2) is 5.78 Å². The molecule has 3 unspecified atom stereocenters. The Labute approximate surface area is 105 Å². The van der Waals surface area contributed by atoms with Crippen molar-refractivity contribution in [3.05, 3.63) is 29.6 Å². The van der Waals surface area contributed by atoms with E-state index in [2.05, 4.69) is 0 Å². The molecule has 3 rings (SSSR count). The van der Waals surface area contributed by atoms with Gasteiger partial charge in [-0.2, -0.15) is 0 Å². The molecule has 2 saturated heterocycles. The average molecular weight is 250 g/mol. The fourth-order valence-electron chi connectivity index (χ4n) is 2.99. The number of halogens is 1. The lowest BCUT2D eigenvalue weighted by Gasteiger charge is -2.18. The number of carbonyl (C=O) groups is 1. The van der Waals surface area contributed by atoms with E-state index in [-0.39, 0.29) is 23.9 Å². The van der Waals surface area contributed by atoms with Gasteiger partial charge in [-0.15, -0.1) is 0 Å². The van der Waals surface area contributed by atoms with E-state index in [4.69, 9.17) is 9.47 Å². The van der Waals surface area contributed by atoms with Gasteiger partial charge in [-0.25, -0.2) is 4.39 Å². The average Bonchev–Trinajstić information content (AvgIpc) is 3.00. The number of carbonyl (C=O) groups excluding carboxylic acids is 1. The van der Waals surface area contributed by atoms with E-state index in [9.17, 15) is 9.18 Å². The number of ketones is 1. The van der Waals surface area contributed by atoms with Crippen molar-refractivity contribution in [3.63, 3.8) is 0 Å². The summed E-state index contributed by atoms with van der Waals surface area (Å²) in [6, 6.07) is 4.05. The van der Waals surface area contributed by atoms with Crippen molar-refractivity contribution < 1.29 is 18.7 Å². The summed E-state index contributed by atoms with van der Waals surface area (Å²) in [7, 11) is 1.49. The highest BCUT2D eigenvalue weighted by atomic mass is 19.1. The molecule has 2 fully saturated rings. The van der Waals surface area contributed by atoms with Crippen LogP contribution in [0.3, 0.4) is 0 Å². The molecule has 2 aliphatic rings. The Morgan fingerprint density at radius 3 is 2.89 bits per heavy atom. The first-order valence-corrected chi connectivity index (χ1v) is 6.22. The fourth-order valence-corrected chi connectivity index (χ4v) is 2.99. The molecule has 0 aliphatic carbocycles. The summed E-state index contributed by atoms with van der Waals surface area (Å²) in [5.41, 5.74) is 0.332. The SMILES string of the molecule is COc1ccc(F)cc1C(=O)C1CC2CCC1O2. The third-order valence-corrected chi connectivity index (χ3v) is 3.87. The van der Waals surface area contributed by atoms with Gasteiger partial charge in [0.1, 0.15) is 11.6 Å². The molecule has 96 valence electrons. The quantitative estimate of drug-likeness (QED) is 0.773. The molecule has 0 amide bonds. The zero-order chi connectivity index (χ0) is 12.7. The zero-order valence-corrected chi connectivity index (χ0v) is 10.2. The lowest BCUT2D eigenvalue weighted by molar-refractivity contribution is 0.0741. The molecule has 1 aromatic carbocycles. The summed E-state index contributed by atoms with van der Waals surface area (Å²) in [6.07, 6.45) is 2.94. The molecular weight excluding hydrogens is 235 g/mol. The molecule has 2 heterocycles. The van der Waals surface area contributed by atoms with Crippen LogP contribution in [-0.4, -0.2) is 25.1 Å². The molecule has 4 heteroatoms. The smallest absolute Gasteiger partial charge is 0.172 e. The van der Waals surface area contributed by atoms with Crippen molar-refractivity contribution in [2.24, 2.45) is 5.92 Å². The standard InChI is InChI=1S/C14H15FO3/c1-17-12-4-2-8(15)6-10(12)14(16)11-7-9-3-5-13(11)18-9/h2,4,6,9,11,13H,3,5,7H2,1H3. The van der Waals surface area contributed by atoms with Gasteiger partial charge in [-0.3, -0.25) is 4.79 Å². The molecule has 0 N–H and O–H groups in total. The third kappa shape index (κ3) is 1.81. The lowest BCUT2D eigenvalue weighted by atomic mass is 9.83. The number of fused-ring (bicyclic) bond motifs is 2. The summed E-state index contributed by atoms with van der Waals surface area (Å²) >= 11 is 0. The summed E-state index contributed by atoms with van der Waals surface area (Å²) in [4.78, 5) is 12.4. The third-order valence-electron chi connectivity index (χ3n) is 3.87. The van der Waals surface area contributed by atoms with Gasteiger partial charge < -0.3 is 9.47 Å². The molecule has 0 saturated carbocycles. The normalized spacial score (nSPS) is 29.6. The van der Waals surface area contributed by atoms with Crippen molar-refractivity contribution in [2.45, 2.75) is 31.5 Å². The highest BCUT2D eigenvalue weighted by molar-refractivity contribution is 6.00. The van der Waals surface area contributed by atoms with Gasteiger partial charge in [-0.05, 0) is 37.5 Å². The van der Waals surface area contributed by atoms with Crippen LogP contribution >= 0.6 is 0 Å². The van der Waals surface area contributed by atoms with Gasteiger partial charge in [0.25, 0.3) is 0 Å². The van der Waals surface area contributed by atoms with Crippen LogP contribution < -0.4 is 4.74 Å². The highest BCUT2D eigenvalue weighted by Crippen LogP contribution is 2.41. The Bertz CT molecular complexity index is 486. The molecule has 1 aromatic rings. The molecule has 0 aromatic heterocycles. The Morgan fingerprint density at radius 1 is 1.44 bits per heavy atom. The number of benzene rings is 1. The molecule has 2 aliphatic heterocycles. The maximum absolute atomic E-state index is 13.3. The predicted octanol–water partition coefficient (Wildman–Crippen LogP) is 2.58. The monoisotopic (exact) mass is 250 g/mol. The summed E-state index contributed by atoms with van der Waals surface area (Å²) < 4.78 is 24.1. The summed E-state index contributed by atoms with van der Waals surface area (Å²) in [5.74, 6) is -0.176. The van der Waals surface area contributed by atoms with Crippen molar-refractivity contribution in [1.29, 1.82) is 0 Å². The van der Waals surface area contributed by atoms with Crippen LogP contribution in [0.15, 0.2) is 18.2 Å². The number of hydrogen-bond acceptors (Lipinski definition) is 3. The minimum absolute atomic E-state index is 0.00970. The Morgan fingerprint density at radius 2 is 2.28 bits per heavy atom. The molecule has 2 bridgehead atoms. The highest BCUT2D eigenvalue weighted by Gasteiger charge is 2.45. The Hall–Kier alpha value is -1.42. The maximum atomic E-state index is 13.3. The molecule has 0 spiro atoms. The second-order valence-corrected chi connectivity index (χ2v) is 4.92. The van der Waals surface area contributed by atoms with Gasteiger partial charge in [0.05, 0.1) is 30.8 Å². The number of Topliss-reactive ketones (excluding diaryl/α,β-unsaturated/α-hetero) is 1. The fraction of sp³-hybridized carbons (Fsp3) is 0.500. The lowest BCUT2D eigenvalue weighted by Crippen LogP contribution is -2.25. The van der Waals surface area contributed by atoms with Crippen LogP contribution in [0.1, 0.15) is 29.6 Å². The van der Waals surface area contributed by atoms with E-state index in [1.807, 2.05) is 0 Å². The Balaban J connectivity index is 1.90. The van der Waals surface area contributed by atoms with E-state index in [0.717, 1.165) is 19.3 Å². The van der Waals surface area contributed by atoms with Crippen LogP contribution in [-0.2, 0) is 4.74 Å². The van der Waals surface area contributed by atoms with Crippen molar-refractivity contribution in [3.8, 4) is 5.75 Å². The summed E-state index contributed by atoms with van der Waals surface area (Å²) in [6.45, 7) is 0. The summed E-state index contributed by atoms with van der Waals surface area (Å²) in [5, 5.41) is 0. The second-order valence-electron chi connectivity index (χ2n) is 4.92. The largest absolute Gasteiger partial charge is 0.496 e. The molecule has 18 heavy (non-hydrogen) atoms. The zero-order valence-electron chi connectivity index (χ0n) is 10.2. The van der Waals surface area contributed by atoms with Crippen molar-refractivity contribution in [1.82, 2.24) is 0 Å². The van der Waals surface area contributed by atoms with E-state index in [1.54, 1.807) is 0 Å². The van der Waals surface area contributed by atoms with Crippen molar-refractivity contribution >= 4 is 5.78 Å². The first-order chi connectivity index (χ1) is 8.69. The minimum Gasteiger partial charge on any atom is -0.496 e. The van der Waals surface area contributed by atoms with E-state index in [1.165, 1.54) is 25.3 Å². The molecular formula is C14H15FO3. The van der Waals surface area contributed by atoms with Gasteiger partial charge in [0.2, 0.25) is 0 Å². The number of methoxy groups -OCH3 is 1. The number of ether oxygens (including phenoxy) is 2. The number of rotatable bonds is 3. The first kappa shape index (κ1) is 11.7. The molecule has 0 radical (unpaired) electrons. The van der Waals surface area contributed by atoms with Gasteiger partial charge >= 0.3 is 0 Å². The van der Waals surface area contributed by atoms with Crippen LogP contribution in [0.2, 0.25) is 0 Å². The topological polar surface area (TPSA) is 35.5 Å². The maximum Gasteiger partial charge on any atom is 0.172 e. The Kier molecular flexibility index (Phi) is 2.82. The molecule has 3 atom stereocenters. The molecule has 3 nitrogen and oxygen atoms in total. The van der Waals surface area contributed by atoms with Gasteiger partial charge in [0, 0.05) is 0 Å². The van der Waals surface area contributed by atoms with E-state index >= 15 is 0 Å². The first-order valence-electron chi connectivity index (χ1n) is 6.22. The van der Waals surface area contributed by atoms with Crippen LogP contribution in [0, 0.1) is 11.7 Å². The van der Waals surface area contributed by atoms with Crippen molar-refractivity contribution in [2.75, 3.05) is 7.11 Å².